The molecule has 1 aromatic heterocycles. The van der Waals surface area contributed by atoms with Gasteiger partial charge in [-0.3, -0.25) is 0 Å². The van der Waals surface area contributed by atoms with Crippen molar-refractivity contribution in [3.05, 3.63) is 18.3 Å². The van der Waals surface area contributed by atoms with Crippen molar-refractivity contribution in [2.24, 2.45) is 0 Å². The molecule has 90 valence electrons. The van der Waals surface area contributed by atoms with Crippen molar-refractivity contribution in [2.45, 2.75) is 13.0 Å². The monoisotopic (exact) mass is 244 g/mol. The molecule has 0 fully saturated rings. The molecule has 1 heterocycles. The summed E-state index contributed by atoms with van der Waals surface area (Å²) in [7, 11) is -1.41. The van der Waals surface area contributed by atoms with Crippen molar-refractivity contribution < 1.29 is 13.2 Å². The van der Waals surface area contributed by atoms with Crippen molar-refractivity contribution in [1.82, 2.24) is 4.98 Å². The zero-order chi connectivity index (χ0) is 12.2. The maximum absolute atomic E-state index is 11.1. The summed E-state index contributed by atoms with van der Waals surface area (Å²) in [6.07, 6.45) is 2.79. The highest BCUT2D eigenvalue weighted by Gasteiger charge is 2.10. The van der Waals surface area contributed by atoms with E-state index in [2.05, 4.69) is 10.3 Å². The van der Waals surface area contributed by atoms with Crippen molar-refractivity contribution in [3.63, 3.8) is 0 Å². The molecule has 1 atom stereocenters. The molecule has 1 rings (SSSR count). The maximum Gasteiger partial charge on any atom is 0.149 e. The lowest BCUT2D eigenvalue weighted by Gasteiger charge is -2.13. The Morgan fingerprint density at radius 1 is 1.50 bits per heavy atom. The number of pyridine rings is 1. The third-order valence-corrected chi connectivity index (χ3v) is 3.02. The highest BCUT2D eigenvalue weighted by atomic mass is 32.2. The van der Waals surface area contributed by atoms with Gasteiger partial charge in [0.25, 0.3) is 0 Å². The standard InChI is InChI=1S/C10H16N2O3S/c1-8(7-16(3,13)14)12-10-5-4-9(15-2)6-11-10/h4-6,8H,7H2,1-3H3,(H,11,12). The fourth-order valence-electron chi connectivity index (χ4n) is 1.33. The summed E-state index contributed by atoms with van der Waals surface area (Å²) in [5.74, 6) is 1.39. The zero-order valence-electron chi connectivity index (χ0n) is 9.60. The number of ether oxygens (including phenoxy) is 1. The minimum absolute atomic E-state index is 0.0840. The van der Waals surface area contributed by atoms with Crippen LogP contribution in [0.1, 0.15) is 6.92 Å². The lowest BCUT2D eigenvalue weighted by molar-refractivity contribution is 0.413. The van der Waals surface area contributed by atoms with Gasteiger partial charge in [0.1, 0.15) is 21.4 Å². The Morgan fingerprint density at radius 2 is 2.19 bits per heavy atom. The van der Waals surface area contributed by atoms with Crippen LogP contribution in [0.4, 0.5) is 5.82 Å². The number of nitrogens with one attached hydrogen (secondary N) is 1. The fourth-order valence-corrected chi connectivity index (χ4v) is 2.33. The van der Waals surface area contributed by atoms with Crippen LogP contribution in [0.5, 0.6) is 5.75 Å². The minimum atomic E-state index is -2.97. The van der Waals surface area contributed by atoms with Gasteiger partial charge < -0.3 is 10.1 Å². The van der Waals surface area contributed by atoms with Gasteiger partial charge in [-0.2, -0.15) is 0 Å². The molecule has 1 unspecified atom stereocenters. The molecule has 6 heteroatoms. The molecule has 0 aliphatic carbocycles. The van der Waals surface area contributed by atoms with Gasteiger partial charge in [0.2, 0.25) is 0 Å². The second-order valence-corrected chi connectivity index (χ2v) is 5.91. The third-order valence-electron chi connectivity index (χ3n) is 1.92. The average Bonchev–Trinajstić information content (AvgIpc) is 2.16. The molecule has 0 amide bonds. The third kappa shape index (κ3) is 4.48. The number of sulfone groups is 1. The molecule has 0 saturated heterocycles. The summed E-state index contributed by atoms with van der Waals surface area (Å²) >= 11 is 0. The van der Waals surface area contributed by atoms with E-state index in [0.29, 0.717) is 11.6 Å². The van der Waals surface area contributed by atoms with E-state index in [0.717, 1.165) is 0 Å². The number of hydrogen-bond acceptors (Lipinski definition) is 5. The highest BCUT2D eigenvalue weighted by Crippen LogP contribution is 2.12. The molecule has 1 aromatic rings. The molecule has 0 aliphatic heterocycles. The van der Waals surface area contributed by atoms with E-state index in [1.54, 1.807) is 32.4 Å². The molecule has 0 saturated carbocycles. The molecule has 16 heavy (non-hydrogen) atoms. The second-order valence-electron chi connectivity index (χ2n) is 3.72. The summed E-state index contributed by atoms with van der Waals surface area (Å²) < 4.78 is 27.1. The first kappa shape index (κ1) is 12.8. The minimum Gasteiger partial charge on any atom is -0.495 e. The van der Waals surface area contributed by atoms with Crippen LogP contribution in [0.25, 0.3) is 0 Å². The Balaban J connectivity index is 2.59. The molecule has 1 N–H and O–H groups in total. The number of nitrogens with zero attached hydrogens (tertiary/aromatic N) is 1. The Kier molecular flexibility index (Phi) is 4.12. The molecule has 0 spiro atoms. The van der Waals surface area contributed by atoms with Crippen LogP contribution in [0, 0.1) is 0 Å². The molecule has 0 aliphatic rings. The predicted molar refractivity (Wildman–Crippen MR) is 63.6 cm³/mol. The summed E-state index contributed by atoms with van der Waals surface area (Å²) in [6.45, 7) is 1.80. The Hall–Kier alpha value is -1.30. The van der Waals surface area contributed by atoms with Gasteiger partial charge in [0.05, 0.1) is 19.1 Å². The number of anilines is 1. The van der Waals surface area contributed by atoms with Crippen LogP contribution in [-0.4, -0.2) is 38.6 Å². The molecule has 0 bridgehead atoms. The average molecular weight is 244 g/mol. The smallest absolute Gasteiger partial charge is 0.149 e. The Bertz CT molecular complexity index is 428. The quantitative estimate of drug-likeness (QED) is 0.834. The van der Waals surface area contributed by atoms with E-state index in [-0.39, 0.29) is 11.8 Å². The van der Waals surface area contributed by atoms with Gasteiger partial charge in [0.15, 0.2) is 0 Å². The van der Waals surface area contributed by atoms with Gasteiger partial charge in [-0.15, -0.1) is 0 Å². The number of aromatic nitrogens is 1. The van der Waals surface area contributed by atoms with Gasteiger partial charge in [-0.1, -0.05) is 0 Å². The summed E-state index contributed by atoms with van der Waals surface area (Å²) in [6, 6.07) is 3.34. The summed E-state index contributed by atoms with van der Waals surface area (Å²) in [5.41, 5.74) is 0. The summed E-state index contributed by atoms with van der Waals surface area (Å²) in [5, 5.41) is 3.00. The molecule has 5 nitrogen and oxygen atoms in total. The largest absolute Gasteiger partial charge is 0.495 e. The van der Waals surface area contributed by atoms with Crippen LogP contribution in [0.3, 0.4) is 0 Å². The van der Waals surface area contributed by atoms with Crippen molar-refractivity contribution in [2.75, 3.05) is 24.4 Å². The van der Waals surface area contributed by atoms with Gasteiger partial charge in [0, 0.05) is 12.3 Å². The van der Waals surface area contributed by atoms with Crippen LogP contribution in [-0.2, 0) is 9.84 Å². The van der Waals surface area contributed by atoms with E-state index in [9.17, 15) is 8.42 Å². The maximum atomic E-state index is 11.1. The van der Waals surface area contributed by atoms with E-state index >= 15 is 0 Å². The van der Waals surface area contributed by atoms with Crippen molar-refractivity contribution in [1.29, 1.82) is 0 Å². The molecular formula is C10H16N2O3S. The van der Waals surface area contributed by atoms with E-state index < -0.39 is 9.84 Å². The first-order valence-corrected chi connectivity index (χ1v) is 6.91. The van der Waals surface area contributed by atoms with Gasteiger partial charge in [-0.25, -0.2) is 13.4 Å². The van der Waals surface area contributed by atoms with E-state index in [1.807, 2.05) is 0 Å². The van der Waals surface area contributed by atoms with Crippen molar-refractivity contribution >= 4 is 15.7 Å². The topological polar surface area (TPSA) is 68.3 Å². The van der Waals surface area contributed by atoms with E-state index in [4.69, 9.17) is 4.74 Å². The number of hydrogen-bond donors (Lipinski definition) is 1. The zero-order valence-corrected chi connectivity index (χ0v) is 10.4. The fraction of sp³-hybridized carbons (Fsp3) is 0.500. The van der Waals surface area contributed by atoms with Crippen LogP contribution >= 0.6 is 0 Å². The molecular weight excluding hydrogens is 228 g/mol. The van der Waals surface area contributed by atoms with Crippen molar-refractivity contribution in [3.8, 4) is 5.75 Å². The van der Waals surface area contributed by atoms with Crippen LogP contribution in [0.2, 0.25) is 0 Å². The first-order valence-electron chi connectivity index (χ1n) is 4.85. The van der Waals surface area contributed by atoms with Gasteiger partial charge in [-0.05, 0) is 19.1 Å². The van der Waals surface area contributed by atoms with Crippen LogP contribution < -0.4 is 10.1 Å². The van der Waals surface area contributed by atoms with Gasteiger partial charge >= 0.3 is 0 Å². The lowest BCUT2D eigenvalue weighted by Crippen LogP contribution is -2.25. The Labute approximate surface area is 95.8 Å². The van der Waals surface area contributed by atoms with E-state index in [1.165, 1.54) is 6.26 Å². The number of methoxy groups -OCH3 is 1. The SMILES string of the molecule is COc1ccc(NC(C)CS(C)(=O)=O)nc1. The summed E-state index contributed by atoms with van der Waals surface area (Å²) in [4.78, 5) is 4.09. The highest BCUT2D eigenvalue weighted by molar-refractivity contribution is 7.90. The second kappa shape index (κ2) is 5.16. The number of rotatable bonds is 5. The molecule has 0 aromatic carbocycles. The molecule has 0 radical (unpaired) electrons. The Morgan fingerprint density at radius 3 is 2.62 bits per heavy atom. The first-order chi connectivity index (χ1) is 7.40. The predicted octanol–water partition coefficient (Wildman–Crippen LogP) is 0.935. The lowest BCUT2D eigenvalue weighted by atomic mass is 10.3. The normalized spacial score (nSPS) is 13.2. The van der Waals surface area contributed by atoms with Crippen LogP contribution in [0.15, 0.2) is 18.3 Å².